The highest BCUT2D eigenvalue weighted by Gasteiger charge is 2.29. The number of benzene rings is 2. The zero-order valence-corrected chi connectivity index (χ0v) is 20.6. The van der Waals surface area contributed by atoms with Crippen molar-refractivity contribution < 1.29 is 14.0 Å². The Morgan fingerprint density at radius 2 is 1.86 bits per heavy atom. The first-order chi connectivity index (χ1) is 17.0. The molecule has 2 aliphatic rings. The van der Waals surface area contributed by atoms with Crippen molar-refractivity contribution >= 4 is 17.5 Å². The van der Waals surface area contributed by atoms with Crippen LogP contribution in [0.4, 0.5) is 10.1 Å². The van der Waals surface area contributed by atoms with Crippen molar-refractivity contribution in [1.29, 1.82) is 0 Å². The molecule has 0 bridgehead atoms. The van der Waals surface area contributed by atoms with Gasteiger partial charge in [0.25, 0.3) is 0 Å². The number of nitrogens with one attached hydrogen (secondary N) is 2. The van der Waals surface area contributed by atoms with Gasteiger partial charge in [-0.05, 0) is 67.5 Å². The molecule has 1 unspecified atom stereocenters. The Balaban J connectivity index is 1.15. The molecular weight excluding hydrogens is 443 g/mol. The van der Waals surface area contributed by atoms with Gasteiger partial charge in [-0.25, -0.2) is 4.39 Å². The molecule has 2 aliphatic heterocycles. The molecule has 6 nitrogen and oxygen atoms in total. The summed E-state index contributed by atoms with van der Waals surface area (Å²) in [4.78, 5) is 28.6. The molecule has 1 atom stereocenters. The molecule has 2 N–H and O–H groups in total. The van der Waals surface area contributed by atoms with Gasteiger partial charge in [-0.15, -0.1) is 0 Å². The second-order valence-electron chi connectivity index (χ2n) is 9.75. The molecule has 188 valence electrons. The SMILES string of the molecule is CCN1CC(CNC2CCN(c3ccc(CC(=O)NCCc4cccc(F)c4)cc3)CC2)CC1=O. The largest absolute Gasteiger partial charge is 0.371 e. The molecule has 2 saturated heterocycles. The molecule has 0 aromatic heterocycles. The van der Waals surface area contributed by atoms with Crippen molar-refractivity contribution in [2.75, 3.05) is 44.2 Å². The third-order valence-corrected chi connectivity index (χ3v) is 7.16. The number of likely N-dealkylation sites (tertiary alicyclic amines) is 1. The van der Waals surface area contributed by atoms with Gasteiger partial charge in [0.1, 0.15) is 5.82 Å². The second-order valence-corrected chi connectivity index (χ2v) is 9.75. The molecule has 0 spiro atoms. The van der Waals surface area contributed by atoms with Gasteiger partial charge in [0, 0.05) is 57.4 Å². The summed E-state index contributed by atoms with van der Waals surface area (Å²) in [7, 11) is 0. The van der Waals surface area contributed by atoms with Gasteiger partial charge >= 0.3 is 0 Å². The first kappa shape index (κ1) is 25.2. The molecule has 2 fully saturated rings. The summed E-state index contributed by atoms with van der Waals surface area (Å²) < 4.78 is 13.2. The van der Waals surface area contributed by atoms with Crippen molar-refractivity contribution in [3.05, 3.63) is 65.5 Å². The number of hydrogen-bond acceptors (Lipinski definition) is 4. The molecule has 2 heterocycles. The average molecular weight is 481 g/mol. The van der Waals surface area contributed by atoms with E-state index in [0.717, 1.165) is 56.7 Å². The number of anilines is 1. The fraction of sp³-hybridized carbons (Fsp3) is 0.500. The number of nitrogens with zero attached hydrogens (tertiary/aromatic N) is 2. The van der Waals surface area contributed by atoms with Gasteiger partial charge in [-0.3, -0.25) is 9.59 Å². The minimum absolute atomic E-state index is 0.0212. The standard InChI is InChI=1S/C28H37FN4O2/c1-2-32-20-23(18-28(32)35)19-31-25-11-14-33(15-12-25)26-8-6-22(7-9-26)17-27(34)30-13-10-21-4-3-5-24(29)16-21/h3-9,16,23,25,31H,2,10-15,17-20H2,1H3,(H,30,34). The fourth-order valence-electron chi connectivity index (χ4n) is 5.08. The van der Waals surface area contributed by atoms with Crippen molar-refractivity contribution in [2.24, 2.45) is 5.92 Å². The predicted octanol–water partition coefficient (Wildman–Crippen LogP) is 3.15. The van der Waals surface area contributed by atoms with Crippen LogP contribution in [0.3, 0.4) is 0 Å². The van der Waals surface area contributed by atoms with Crippen LogP contribution in [-0.4, -0.2) is 62.0 Å². The monoisotopic (exact) mass is 480 g/mol. The summed E-state index contributed by atoms with van der Waals surface area (Å²) in [5.41, 5.74) is 3.06. The lowest BCUT2D eigenvalue weighted by molar-refractivity contribution is -0.127. The first-order valence-corrected chi connectivity index (χ1v) is 12.9. The second kappa shape index (κ2) is 12.2. The number of carbonyl (C=O) groups excluding carboxylic acids is 2. The van der Waals surface area contributed by atoms with E-state index in [2.05, 4.69) is 27.7 Å². The molecule has 35 heavy (non-hydrogen) atoms. The molecule has 0 radical (unpaired) electrons. The normalized spacial score (nSPS) is 18.8. The van der Waals surface area contributed by atoms with Gasteiger partial charge in [0.05, 0.1) is 6.42 Å². The number of rotatable bonds is 10. The maximum absolute atomic E-state index is 13.2. The van der Waals surface area contributed by atoms with Crippen molar-refractivity contribution in [2.45, 2.75) is 45.1 Å². The van der Waals surface area contributed by atoms with Crippen LogP contribution in [0, 0.1) is 11.7 Å². The van der Waals surface area contributed by atoms with E-state index < -0.39 is 0 Å². The highest BCUT2D eigenvalue weighted by atomic mass is 19.1. The minimum Gasteiger partial charge on any atom is -0.371 e. The van der Waals surface area contributed by atoms with E-state index in [1.807, 2.05) is 30.0 Å². The Bertz CT molecular complexity index is 989. The Kier molecular flexibility index (Phi) is 8.74. The number of amides is 2. The molecule has 7 heteroatoms. The van der Waals surface area contributed by atoms with Gasteiger partial charge in [-0.2, -0.15) is 0 Å². The Morgan fingerprint density at radius 1 is 1.09 bits per heavy atom. The zero-order valence-electron chi connectivity index (χ0n) is 20.6. The molecule has 2 aromatic rings. The highest BCUT2D eigenvalue weighted by molar-refractivity contribution is 5.79. The summed E-state index contributed by atoms with van der Waals surface area (Å²) in [6.07, 6.45) is 3.82. The zero-order chi connectivity index (χ0) is 24.6. The summed E-state index contributed by atoms with van der Waals surface area (Å²) in [5, 5.41) is 6.61. The van der Waals surface area contributed by atoms with E-state index in [1.165, 1.54) is 17.8 Å². The quantitative estimate of drug-likeness (QED) is 0.548. The van der Waals surface area contributed by atoms with E-state index in [1.54, 1.807) is 6.07 Å². The van der Waals surface area contributed by atoms with Crippen LogP contribution in [-0.2, 0) is 22.4 Å². The first-order valence-electron chi connectivity index (χ1n) is 12.9. The van der Waals surface area contributed by atoms with Crippen LogP contribution in [0.25, 0.3) is 0 Å². The molecule has 2 amide bonds. The van der Waals surface area contributed by atoms with Crippen molar-refractivity contribution in [1.82, 2.24) is 15.5 Å². The van der Waals surface area contributed by atoms with Crippen LogP contribution in [0.1, 0.15) is 37.3 Å². The van der Waals surface area contributed by atoms with Gasteiger partial charge < -0.3 is 20.4 Å². The lowest BCUT2D eigenvalue weighted by Gasteiger charge is -2.34. The van der Waals surface area contributed by atoms with Crippen LogP contribution in [0.15, 0.2) is 48.5 Å². The lowest BCUT2D eigenvalue weighted by Crippen LogP contribution is -2.44. The van der Waals surface area contributed by atoms with Crippen LogP contribution in [0.5, 0.6) is 0 Å². The van der Waals surface area contributed by atoms with Crippen molar-refractivity contribution in [3.63, 3.8) is 0 Å². The maximum atomic E-state index is 13.2. The Hall–Kier alpha value is -2.93. The van der Waals surface area contributed by atoms with Gasteiger partial charge in [0.15, 0.2) is 0 Å². The highest BCUT2D eigenvalue weighted by Crippen LogP contribution is 2.22. The van der Waals surface area contributed by atoms with E-state index in [0.29, 0.717) is 43.7 Å². The summed E-state index contributed by atoms with van der Waals surface area (Å²) in [6, 6.07) is 15.3. The summed E-state index contributed by atoms with van der Waals surface area (Å²) >= 11 is 0. The van der Waals surface area contributed by atoms with E-state index in [-0.39, 0.29) is 11.7 Å². The third kappa shape index (κ3) is 7.28. The smallest absolute Gasteiger partial charge is 0.224 e. The van der Waals surface area contributed by atoms with Crippen LogP contribution < -0.4 is 15.5 Å². The predicted molar refractivity (Wildman–Crippen MR) is 137 cm³/mol. The average Bonchev–Trinajstić information content (AvgIpc) is 3.23. The molecule has 0 saturated carbocycles. The summed E-state index contributed by atoms with van der Waals surface area (Å²) in [5.74, 6) is 0.456. The van der Waals surface area contributed by atoms with E-state index in [9.17, 15) is 14.0 Å². The van der Waals surface area contributed by atoms with E-state index >= 15 is 0 Å². The Labute approximate surface area is 207 Å². The summed E-state index contributed by atoms with van der Waals surface area (Å²) in [6.45, 7) is 7.17. The number of halogens is 1. The minimum atomic E-state index is -0.250. The third-order valence-electron chi connectivity index (χ3n) is 7.16. The van der Waals surface area contributed by atoms with Crippen molar-refractivity contribution in [3.8, 4) is 0 Å². The number of piperidine rings is 1. The van der Waals surface area contributed by atoms with Gasteiger partial charge in [-0.1, -0.05) is 24.3 Å². The number of hydrogen-bond donors (Lipinski definition) is 2. The maximum Gasteiger partial charge on any atom is 0.224 e. The van der Waals surface area contributed by atoms with Crippen LogP contribution in [0.2, 0.25) is 0 Å². The molecule has 0 aliphatic carbocycles. The lowest BCUT2D eigenvalue weighted by atomic mass is 10.0. The van der Waals surface area contributed by atoms with E-state index in [4.69, 9.17) is 0 Å². The van der Waals surface area contributed by atoms with Gasteiger partial charge in [0.2, 0.25) is 11.8 Å². The number of carbonyl (C=O) groups is 2. The Morgan fingerprint density at radius 3 is 2.54 bits per heavy atom. The topological polar surface area (TPSA) is 64.7 Å². The molecule has 4 rings (SSSR count). The fourth-order valence-corrected chi connectivity index (χ4v) is 5.08. The molecule has 2 aromatic carbocycles. The van der Waals surface area contributed by atoms with Crippen LogP contribution >= 0.6 is 0 Å². The molecular formula is C28H37FN4O2.